The summed E-state index contributed by atoms with van der Waals surface area (Å²) >= 11 is 0. The van der Waals surface area contributed by atoms with E-state index >= 15 is 0 Å². The molecule has 2 heterocycles. The highest BCUT2D eigenvalue weighted by Crippen LogP contribution is 2.17. The molecule has 11 heavy (non-hydrogen) atoms. The monoisotopic (exact) mass is 146 g/mol. The van der Waals surface area contributed by atoms with Gasteiger partial charge < -0.3 is 4.74 Å². The minimum absolute atomic E-state index is 0.692. The predicted octanol–water partition coefficient (Wildman–Crippen LogP) is 1.40. The van der Waals surface area contributed by atoms with E-state index in [0.717, 1.165) is 5.69 Å². The van der Waals surface area contributed by atoms with Crippen LogP contribution in [0.5, 0.6) is 5.75 Å². The van der Waals surface area contributed by atoms with E-state index in [0.29, 0.717) is 5.75 Å². The average molecular weight is 146 g/mol. The molecule has 3 heteroatoms. The Hall–Kier alpha value is -1.64. The highest BCUT2D eigenvalue weighted by atomic mass is 16.5. The molecule has 1 aromatic rings. The number of hydrogen-bond acceptors (Lipinski definition) is 3. The van der Waals surface area contributed by atoms with Gasteiger partial charge in [0.05, 0.1) is 12.5 Å². The molecular weight excluding hydrogens is 140 g/mol. The molecule has 0 fully saturated rings. The first-order valence-corrected chi connectivity index (χ1v) is 3.27. The summed E-state index contributed by atoms with van der Waals surface area (Å²) in [6.45, 7) is 0. The zero-order chi connectivity index (χ0) is 7.52. The maximum absolute atomic E-state index is 5.18. The van der Waals surface area contributed by atoms with Gasteiger partial charge in [-0.05, 0) is 12.2 Å². The van der Waals surface area contributed by atoms with E-state index in [1.807, 2.05) is 18.2 Å². The Bertz CT molecular complexity index is 318. The minimum Gasteiger partial charge on any atom is -0.461 e. The predicted molar refractivity (Wildman–Crippen MR) is 40.8 cm³/mol. The fraction of sp³-hybridized carbons (Fsp3) is 0. The third-order valence-electron chi connectivity index (χ3n) is 1.35. The molecular formula is C8H6N2O. The molecule has 0 atom stereocenters. The first-order valence-electron chi connectivity index (χ1n) is 3.27. The average Bonchev–Trinajstić information content (AvgIpc) is 2.28. The Kier molecular flexibility index (Phi) is 1.41. The van der Waals surface area contributed by atoms with Crippen LogP contribution < -0.4 is 4.74 Å². The zero-order valence-corrected chi connectivity index (χ0v) is 5.77. The molecule has 0 saturated carbocycles. The molecule has 54 valence electrons. The number of ether oxygens (including phenoxy) is 1. The van der Waals surface area contributed by atoms with Crippen molar-refractivity contribution in [2.24, 2.45) is 0 Å². The van der Waals surface area contributed by atoms with Crippen LogP contribution in [0.1, 0.15) is 5.69 Å². The maximum atomic E-state index is 5.18. The summed E-state index contributed by atoms with van der Waals surface area (Å²) in [5.74, 6) is 0.692. The van der Waals surface area contributed by atoms with Crippen LogP contribution in [0.2, 0.25) is 0 Å². The summed E-state index contributed by atoms with van der Waals surface area (Å²) in [4.78, 5) is 7.85. The van der Waals surface area contributed by atoms with Gasteiger partial charge in [0.25, 0.3) is 0 Å². The summed E-state index contributed by atoms with van der Waals surface area (Å²) in [6.07, 6.45) is 10.3. The molecule has 1 aliphatic rings. The van der Waals surface area contributed by atoms with E-state index in [2.05, 4.69) is 9.97 Å². The quantitative estimate of drug-likeness (QED) is 0.554. The van der Waals surface area contributed by atoms with E-state index in [1.165, 1.54) is 6.33 Å². The summed E-state index contributed by atoms with van der Waals surface area (Å²) in [5, 5.41) is 0. The number of allylic oxidation sites excluding steroid dienone is 2. The van der Waals surface area contributed by atoms with Crippen molar-refractivity contribution in [3.05, 3.63) is 36.6 Å². The fourth-order valence-corrected chi connectivity index (χ4v) is 0.847. The SMILES string of the molecule is C1=COc2cncnc2C=C1. The molecule has 1 aromatic heterocycles. The highest BCUT2D eigenvalue weighted by Gasteiger charge is 2.00. The van der Waals surface area contributed by atoms with Crippen LogP contribution >= 0.6 is 0 Å². The lowest BCUT2D eigenvalue weighted by atomic mass is 10.3. The second-order valence-corrected chi connectivity index (χ2v) is 2.08. The highest BCUT2D eigenvalue weighted by molar-refractivity contribution is 5.54. The van der Waals surface area contributed by atoms with E-state index in [-0.39, 0.29) is 0 Å². The van der Waals surface area contributed by atoms with E-state index < -0.39 is 0 Å². The first-order chi connectivity index (χ1) is 5.47. The molecule has 0 N–H and O–H groups in total. The lowest BCUT2D eigenvalue weighted by Gasteiger charge is -1.99. The van der Waals surface area contributed by atoms with Gasteiger partial charge in [-0.1, -0.05) is 6.08 Å². The van der Waals surface area contributed by atoms with Gasteiger partial charge in [-0.25, -0.2) is 9.97 Å². The largest absolute Gasteiger partial charge is 0.461 e. The normalized spacial score (nSPS) is 13.5. The molecule has 0 spiro atoms. The topological polar surface area (TPSA) is 35.0 Å². The molecule has 1 aliphatic heterocycles. The Labute approximate surface area is 64.1 Å². The van der Waals surface area contributed by atoms with Crippen LogP contribution in [0.4, 0.5) is 0 Å². The van der Waals surface area contributed by atoms with Crippen LogP contribution in [0, 0.1) is 0 Å². The van der Waals surface area contributed by atoms with E-state index in [9.17, 15) is 0 Å². The van der Waals surface area contributed by atoms with Gasteiger partial charge in [0, 0.05) is 0 Å². The smallest absolute Gasteiger partial charge is 0.170 e. The molecule has 0 aromatic carbocycles. The molecule has 0 radical (unpaired) electrons. The lowest BCUT2D eigenvalue weighted by molar-refractivity contribution is 0.476. The van der Waals surface area contributed by atoms with E-state index in [4.69, 9.17) is 4.74 Å². The number of rotatable bonds is 0. The van der Waals surface area contributed by atoms with Crippen LogP contribution in [-0.4, -0.2) is 9.97 Å². The molecule has 0 amide bonds. The first kappa shape index (κ1) is 6.09. The van der Waals surface area contributed by atoms with Gasteiger partial charge in [0.15, 0.2) is 5.75 Å². The number of aromatic nitrogens is 2. The minimum atomic E-state index is 0.692. The third-order valence-corrected chi connectivity index (χ3v) is 1.35. The molecule has 0 saturated heterocycles. The maximum Gasteiger partial charge on any atom is 0.170 e. The Morgan fingerprint density at radius 2 is 2.27 bits per heavy atom. The van der Waals surface area contributed by atoms with Crippen LogP contribution in [0.15, 0.2) is 30.9 Å². The van der Waals surface area contributed by atoms with Gasteiger partial charge in [-0.2, -0.15) is 0 Å². The fourth-order valence-electron chi connectivity index (χ4n) is 0.847. The van der Waals surface area contributed by atoms with Gasteiger partial charge in [0.2, 0.25) is 0 Å². The Morgan fingerprint density at radius 3 is 3.27 bits per heavy atom. The molecule has 0 bridgehead atoms. The lowest BCUT2D eigenvalue weighted by Crippen LogP contribution is -1.88. The van der Waals surface area contributed by atoms with Crippen molar-refractivity contribution in [2.45, 2.75) is 0 Å². The van der Waals surface area contributed by atoms with Gasteiger partial charge >= 0.3 is 0 Å². The van der Waals surface area contributed by atoms with Gasteiger partial charge in [0.1, 0.15) is 12.0 Å². The molecule has 0 aliphatic carbocycles. The van der Waals surface area contributed by atoms with Crippen molar-refractivity contribution in [3.8, 4) is 5.75 Å². The number of hydrogen-bond donors (Lipinski definition) is 0. The van der Waals surface area contributed by atoms with Crippen molar-refractivity contribution < 1.29 is 4.74 Å². The number of nitrogens with zero attached hydrogens (tertiary/aromatic N) is 2. The van der Waals surface area contributed by atoms with Crippen LogP contribution in [-0.2, 0) is 0 Å². The van der Waals surface area contributed by atoms with Crippen molar-refractivity contribution in [2.75, 3.05) is 0 Å². The van der Waals surface area contributed by atoms with Crippen molar-refractivity contribution in [1.82, 2.24) is 9.97 Å². The summed E-state index contributed by atoms with van der Waals surface area (Å²) in [7, 11) is 0. The van der Waals surface area contributed by atoms with Gasteiger partial charge in [-0.15, -0.1) is 0 Å². The molecule has 2 rings (SSSR count). The van der Waals surface area contributed by atoms with E-state index in [1.54, 1.807) is 12.5 Å². The summed E-state index contributed by atoms with van der Waals surface area (Å²) < 4.78 is 5.18. The summed E-state index contributed by atoms with van der Waals surface area (Å²) in [6, 6.07) is 0. The molecule has 0 unspecified atom stereocenters. The second kappa shape index (κ2) is 2.54. The third kappa shape index (κ3) is 1.12. The van der Waals surface area contributed by atoms with Crippen molar-refractivity contribution in [1.29, 1.82) is 0 Å². The van der Waals surface area contributed by atoms with Crippen molar-refractivity contribution in [3.63, 3.8) is 0 Å². The Morgan fingerprint density at radius 1 is 1.27 bits per heavy atom. The zero-order valence-electron chi connectivity index (χ0n) is 5.77. The second-order valence-electron chi connectivity index (χ2n) is 2.08. The van der Waals surface area contributed by atoms with Gasteiger partial charge in [-0.3, -0.25) is 0 Å². The van der Waals surface area contributed by atoms with Crippen molar-refractivity contribution >= 4 is 6.08 Å². The molecule has 3 nitrogen and oxygen atoms in total. The van der Waals surface area contributed by atoms with Crippen LogP contribution in [0.25, 0.3) is 6.08 Å². The summed E-state index contributed by atoms with van der Waals surface area (Å²) in [5.41, 5.74) is 0.810. The van der Waals surface area contributed by atoms with Crippen LogP contribution in [0.3, 0.4) is 0 Å². The number of fused-ring (bicyclic) bond motifs is 1. The Balaban J connectivity index is 2.52. The standard InChI is InChI=1S/C8H6N2O/c1-2-4-11-8-5-9-6-10-7(8)3-1/h1-6H.